The van der Waals surface area contributed by atoms with Gasteiger partial charge in [-0.05, 0) is 17.1 Å². The van der Waals surface area contributed by atoms with E-state index in [1.165, 1.54) is 0 Å². The molecule has 2 aromatic rings. The minimum atomic E-state index is 0.227. The van der Waals surface area contributed by atoms with Gasteiger partial charge in [-0.2, -0.15) is 9.64 Å². The van der Waals surface area contributed by atoms with Crippen LogP contribution in [-0.2, 0) is 11.3 Å². The fraction of sp³-hybridized carbons (Fsp3) is 0.308. The molecule has 21 heavy (non-hydrogen) atoms. The molecule has 0 unspecified atom stereocenters. The zero-order chi connectivity index (χ0) is 15.1. The second kappa shape index (κ2) is 7.78. The number of halogens is 1. The number of nitrogens with zero attached hydrogens (tertiary/aromatic N) is 3. The Morgan fingerprint density at radius 2 is 2.29 bits per heavy atom. The zero-order valence-corrected chi connectivity index (χ0v) is 12.9. The first kappa shape index (κ1) is 15.5. The normalized spacial score (nSPS) is 10.1. The lowest BCUT2D eigenvalue weighted by molar-refractivity contribution is 0.143. The van der Waals surface area contributed by atoms with Gasteiger partial charge in [0, 0.05) is 25.9 Å². The summed E-state index contributed by atoms with van der Waals surface area (Å²) in [6.45, 7) is 1.51. The van der Waals surface area contributed by atoms with Crippen molar-refractivity contribution < 1.29 is 9.47 Å². The minimum Gasteiger partial charge on any atom is -0.475 e. The van der Waals surface area contributed by atoms with Gasteiger partial charge in [-0.3, -0.25) is 0 Å². The van der Waals surface area contributed by atoms with E-state index in [-0.39, 0.29) is 5.15 Å². The molecule has 110 valence electrons. The summed E-state index contributed by atoms with van der Waals surface area (Å²) in [5.74, 6) is 0.550. The molecule has 1 N–H and O–H groups in total. The molecule has 0 fully saturated rings. The number of methoxy groups -OCH3 is 1. The summed E-state index contributed by atoms with van der Waals surface area (Å²) < 4.78 is 14.2. The molecule has 8 heteroatoms. The van der Waals surface area contributed by atoms with Crippen molar-refractivity contribution in [1.82, 2.24) is 9.36 Å². The molecule has 2 aromatic heterocycles. The van der Waals surface area contributed by atoms with E-state index >= 15 is 0 Å². The average molecular weight is 325 g/mol. The van der Waals surface area contributed by atoms with E-state index in [0.29, 0.717) is 36.2 Å². The Kier molecular flexibility index (Phi) is 5.75. The summed E-state index contributed by atoms with van der Waals surface area (Å²) in [5.41, 5.74) is 1.33. The third kappa shape index (κ3) is 4.29. The molecule has 0 saturated heterocycles. The van der Waals surface area contributed by atoms with Gasteiger partial charge in [-0.25, -0.2) is 4.98 Å². The molecule has 2 rings (SSSR count). The van der Waals surface area contributed by atoms with E-state index < -0.39 is 0 Å². The van der Waals surface area contributed by atoms with Crippen LogP contribution >= 0.6 is 23.1 Å². The van der Waals surface area contributed by atoms with Crippen LogP contribution in [0.3, 0.4) is 0 Å². The highest BCUT2D eigenvalue weighted by Crippen LogP contribution is 2.27. The Hall–Kier alpha value is -1.88. The number of pyridine rings is 1. The fourth-order valence-electron chi connectivity index (χ4n) is 1.50. The van der Waals surface area contributed by atoms with Crippen LogP contribution in [0.5, 0.6) is 5.88 Å². The first-order valence-electron chi connectivity index (χ1n) is 6.10. The Balaban J connectivity index is 1.90. The van der Waals surface area contributed by atoms with E-state index in [2.05, 4.69) is 14.7 Å². The maximum Gasteiger partial charge on any atom is 0.213 e. The largest absolute Gasteiger partial charge is 0.475 e. The van der Waals surface area contributed by atoms with E-state index in [1.807, 2.05) is 12.1 Å². The van der Waals surface area contributed by atoms with Crippen LogP contribution in [0, 0.1) is 11.3 Å². The van der Waals surface area contributed by atoms with Gasteiger partial charge in [0.2, 0.25) is 5.88 Å². The van der Waals surface area contributed by atoms with Crippen molar-refractivity contribution in [2.24, 2.45) is 0 Å². The lowest BCUT2D eigenvalue weighted by Gasteiger charge is -2.06. The first-order chi connectivity index (χ1) is 10.2. The van der Waals surface area contributed by atoms with Crippen molar-refractivity contribution in [3.63, 3.8) is 0 Å². The van der Waals surface area contributed by atoms with Crippen LogP contribution in [0.25, 0.3) is 0 Å². The number of hydrogen-bond donors (Lipinski definition) is 1. The van der Waals surface area contributed by atoms with Crippen molar-refractivity contribution in [3.8, 4) is 11.9 Å². The molecule has 6 nitrogen and oxygen atoms in total. The molecular weight excluding hydrogens is 312 g/mol. The average Bonchev–Trinajstić information content (AvgIpc) is 2.87. The number of aromatic nitrogens is 2. The Morgan fingerprint density at radius 3 is 2.95 bits per heavy atom. The van der Waals surface area contributed by atoms with Crippen LogP contribution in [0.2, 0.25) is 5.15 Å². The second-order valence-electron chi connectivity index (χ2n) is 3.99. The van der Waals surface area contributed by atoms with Crippen LogP contribution in [-0.4, -0.2) is 29.7 Å². The molecule has 0 atom stereocenters. The van der Waals surface area contributed by atoms with Crippen molar-refractivity contribution in [3.05, 3.63) is 34.6 Å². The van der Waals surface area contributed by atoms with Gasteiger partial charge in [-0.15, -0.1) is 0 Å². The number of ether oxygens (including phenoxy) is 2. The fourth-order valence-corrected chi connectivity index (χ4v) is 2.43. The Morgan fingerprint density at radius 1 is 1.43 bits per heavy atom. The van der Waals surface area contributed by atoms with Crippen molar-refractivity contribution in [1.29, 1.82) is 5.26 Å². The SMILES string of the molecule is COCCOc1ccc(CNc2snc(Cl)c2C#N)cn1. The maximum absolute atomic E-state index is 8.98. The molecular formula is C13H13ClN4O2S. The van der Waals surface area contributed by atoms with Gasteiger partial charge < -0.3 is 14.8 Å². The van der Waals surface area contributed by atoms with Crippen molar-refractivity contribution >= 4 is 28.1 Å². The molecule has 0 aliphatic carbocycles. The van der Waals surface area contributed by atoms with Gasteiger partial charge >= 0.3 is 0 Å². The Bertz CT molecular complexity index is 624. The van der Waals surface area contributed by atoms with Crippen LogP contribution < -0.4 is 10.1 Å². The van der Waals surface area contributed by atoms with Crippen molar-refractivity contribution in [2.75, 3.05) is 25.6 Å². The highest BCUT2D eigenvalue weighted by Gasteiger charge is 2.11. The van der Waals surface area contributed by atoms with Crippen LogP contribution in [0.4, 0.5) is 5.00 Å². The van der Waals surface area contributed by atoms with Gasteiger partial charge in [0.25, 0.3) is 0 Å². The topological polar surface area (TPSA) is 80.1 Å². The number of rotatable bonds is 7. The molecule has 0 spiro atoms. The van der Waals surface area contributed by atoms with E-state index in [9.17, 15) is 0 Å². The first-order valence-corrected chi connectivity index (χ1v) is 7.25. The maximum atomic E-state index is 8.98. The number of hydrogen-bond acceptors (Lipinski definition) is 7. The summed E-state index contributed by atoms with van der Waals surface area (Å²) in [6.07, 6.45) is 1.71. The lowest BCUT2D eigenvalue weighted by Crippen LogP contribution is -2.06. The molecule has 0 saturated carbocycles. The summed E-state index contributed by atoms with van der Waals surface area (Å²) in [5, 5.41) is 13.0. The van der Waals surface area contributed by atoms with Gasteiger partial charge in [-0.1, -0.05) is 17.7 Å². The summed E-state index contributed by atoms with van der Waals surface area (Å²) in [4.78, 5) is 4.19. The number of nitrogens with one attached hydrogen (secondary N) is 1. The summed E-state index contributed by atoms with van der Waals surface area (Å²) in [7, 11) is 1.62. The quantitative estimate of drug-likeness (QED) is 0.789. The van der Waals surface area contributed by atoms with Crippen LogP contribution in [0.1, 0.15) is 11.1 Å². The lowest BCUT2D eigenvalue weighted by atomic mass is 10.3. The zero-order valence-electron chi connectivity index (χ0n) is 11.3. The third-order valence-corrected chi connectivity index (χ3v) is 3.73. The van der Waals surface area contributed by atoms with Crippen molar-refractivity contribution in [2.45, 2.75) is 6.54 Å². The monoisotopic (exact) mass is 324 g/mol. The minimum absolute atomic E-state index is 0.227. The van der Waals surface area contributed by atoms with Gasteiger partial charge in [0.15, 0.2) is 5.15 Å². The highest BCUT2D eigenvalue weighted by molar-refractivity contribution is 7.10. The van der Waals surface area contributed by atoms with Crippen LogP contribution in [0.15, 0.2) is 18.3 Å². The molecule has 0 amide bonds. The molecule has 0 bridgehead atoms. The number of nitriles is 1. The summed E-state index contributed by atoms with van der Waals surface area (Å²) in [6, 6.07) is 5.71. The molecule has 0 radical (unpaired) electrons. The van der Waals surface area contributed by atoms with E-state index in [0.717, 1.165) is 17.1 Å². The van der Waals surface area contributed by atoms with Gasteiger partial charge in [0.05, 0.1) is 6.61 Å². The summed E-state index contributed by atoms with van der Waals surface area (Å²) >= 11 is 6.97. The second-order valence-corrected chi connectivity index (χ2v) is 5.12. The molecule has 0 aromatic carbocycles. The smallest absolute Gasteiger partial charge is 0.213 e. The predicted octanol–water partition coefficient (Wildman–Crippen LogP) is 2.70. The Labute approximate surface area is 131 Å². The van der Waals surface area contributed by atoms with E-state index in [1.54, 1.807) is 19.4 Å². The van der Waals surface area contributed by atoms with Gasteiger partial charge in [0.1, 0.15) is 23.2 Å². The van der Waals surface area contributed by atoms with E-state index in [4.69, 9.17) is 26.3 Å². The predicted molar refractivity (Wildman–Crippen MR) is 80.8 cm³/mol. The number of anilines is 1. The molecule has 0 aliphatic rings. The third-order valence-electron chi connectivity index (χ3n) is 2.55. The standard InChI is InChI=1S/C13H13ClN4O2S/c1-19-4-5-20-11-3-2-9(7-16-11)8-17-13-10(6-15)12(14)18-21-13/h2-3,7,17H,4-5,8H2,1H3. The molecule has 2 heterocycles. The highest BCUT2D eigenvalue weighted by atomic mass is 35.5. The molecule has 0 aliphatic heterocycles.